The van der Waals surface area contributed by atoms with Crippen molar-refractivity contribution in [1.82, 2.24) is 4.90 Å². The van der Waals surface area contributed by atoms with E-state index in [1.807, 2.05) is 11.8 Å². The molecule has 1 fully saturated rings. The van der Waals surface area contributed by atoms with Gasteiger partial charge in [0.1, 0.15) is 5.82 Å². The molecule has 4 heteroatoms. The highest BCUT2D eigenvalue weighted by Crippen LogP contribution is 2.18. The highest BCUT2D eigenvalue weighted by atomic mass is 19.1. The topological polar surface area (TPSA) is 46.3 Å². The molecular weight excluding hydrogens is 243 g/mol. The molecule has 1 aromatic carbocycles. The maximum Gasteiger partial charge on any atom is 0.246 e. The molecule has 1 saturated heterocycles. The van der Waals surface area contributed by atoms with Crippen molar-refractivity contribution in [1.29, 1.82) is 0 Å². The highest BCUT2D eigenvalue weighted by Gasteiger charge is 2.23. The molecular formula is C15H19FN2O. The number of rotatable bonds is 3. The molecule has 102 valence electrons. The lowest BCUT2D eigenvalue weighted by molar-refractivity contribution is -0.125. The number of amides is 1. The van der Waals surface area contributed by atoms with Crippen molar-refractivity contribution in [2.24, 2.45) is 11.7 Å². The number of benzene rings is 1. The van der Waals surface area contributed by atoms with Gasteiger partial charge in [-0.05, 0) is 49.1 Å². The van der Waals surface area contributed by atoms with Gasteiger partial charge < -0.3 is 10.6 Å². The Morgan fingerprint density at radius 2 is 2.16 bits per heavy atom. The summed E-state index contributed by atoms with van der Waals surface area (Å²) in [5.41, 5.74) is 7.33. The maximum atomic E-state index is 12.8. The van der Waals surface area contributed by atoms with Crippen LogP contribution in [0.15, 0.2) is 30.3 Å². The van der Waals surface area contributed by atoms with Crippen LogP contribution in [0.4, 0.5) is 4.39 Å². The summed E-state index contributed by atoms with van der Waals surface area (Å²) in [5, 5.41) is 0. The van der Waals surface area contributed by atoms with Gasteiger partial charge in [-0.25, -0.2) is 4.39 Å². The predicted molar refractivity (Wildman–Crippen MR) is 73.8 cm³/mol. The Balaban J connectivity index is 2.04. The molecule has 1 unspecified atom stereocenters. The fourth-order valence-electron chi connectivity index (χ4n) is 2.30. The second kappa shape index (κ2) is 5.97. The van der Waals surface area contributed by atoms with E-state index in [0.29, 0.717) is 12.5 Å². The predicted octanol–water partition coefficient (Wildman–Crippen LogP) is 2.04. The van der Waals surface area contributed by atoms with Gasteiger partial charge >= 0.3 is 0 Å². The number of hydrogen-bond donors (Lipinski definition) is 1. The largest absolute Gasteiger partial charge is 0.339 e. The molecule has 1 amide bonds. The summed E-state index contributed by atoms with van der Waals surface area (Å²) in [6, 6.07) is 6.16. The fourth-order valence-corrected chi connectivity index (χ4v) is 2.30. The lowest BCUT2D eigenvalue weighted by atomic mass is 10.1. The van der Waals surface area contributed by atoms with Crippen LogP contribution in [-0.4, -0.2) is 30.4 Å². The Morgan fingerprint density at radius 3 is 2.74 bits per heavy atom. The standard InChI is InChI=1S/C15H19FN2O/c1-11(13-2-4-14(16)5-3-13)8-15(19)18-7-6-12(9-17)10-18/h2-5,8,12H,6-7,9-10,17H2,1H3/b11-8+. The first-order valence-electron chi connectivity index (χ1n) is 6.53. The number of hydrogen-bond acceptors (Lipinski definition) is 2. The molecule has 1 aliphatic heterocycles. The van der Waals surface area contributed by atoms with Gasteiger partial charge in [-0.3, -0.25) is 4.79 Å². The van der Waals surface area contributed by atoms with Crippen LogP contribution < -0.4 is 5.73 Å². The SMILES string of the molecule is C/C(=C\C(=O)N1CCC(CN)C1)c1ccc(F)cc1. The van der Waals surface area contributed by atoms with Gasteiger partial charge in [-0.2, -0.15) is 0 Å². The summed E-state index contributed by atoms with van der Waals surface area (Å²) < 4.78 is 12.8. The first-order valence-corrected chi connectivity index (χ1v) is 6.53. The van der Waals surface area contributed by atoms with E-state index in [-0.39, 0.29) is 11.7 Å². The third-order valence-electron chi connectivity index (χ3n) is 3.57. The molecule has 1 atom stereocenters. The van der Waals surface area contributed by atoms with Crippen LogP contribution in [-0.2, 0) is 4.79 Å². The quantitative estimate of drug-likeness (QED) is 0.847. The highest BCUT2D eigenvalue weighted by molar-refractivity contribution is 5.95. The van der Waals surface area contributed by atoms with Crippen LogP contribution in [0.2, 0.25) is 0 Å². The van der Waals surface area contributed by atoms with Crippen molar-refractivity contribution < 1.29 is 9.18 Å². The van der Waals surface area contributed by atoms with Crippen molar-refractivity contribution in [3.05, 3.63) is 41.7 Å². The van der Waals surface area contributed by atoms with Gasteiger partial charge in [-0.15, -0.1) is 0 Å². The number of likely N-dealkylation sites (tertiary alicyclic amines) is 1. The number of carbonyl (C=O) groups excluding carboxylic acids is 1. The van der Waals surface area contributed by atoms with Crippen LogP contribution >= 0.6 is 0 Å². The first kappa shape index (κ1) is 13.7. The smallest absolute Gasteiger partial charge is 0.246 e. The zero-order valence-electron chi connectivity index (χ0n) is 11.1. The zero-order valence-corrected chi connectivity index (χ0v) is 11.1. The first-order chi connectivity index (χ1) is 9.10. The van der Waals surface area contributed by atoms with Crippen molar-refractivity contribution in [2.75, 3.05) is 19.6 Å². The number of nitrogens with zero attached hydrogens (tertiary/aromatic N) is 1. The maximum absolute atomic E-state index is 12.8. The lowest BCUT2D eigenvalue weighted by Gasteiger charge is -2.14. The van der Waals surface area contributed by atoms with E-state index in [1.165, 1.54) is 12.1 Å². The fraction of sp³-hybridized carbons (Fsp3) is 0.400. The van der Waals surface area contributed by atoms with Crippen molar-refractivity contribution in [3.8, 4) is 0 Å². The Morgan fingerprint density at radius 1 is 1.47 bits per heavy atom. The number of allylic oxidation sites excluding steroid dienone is 1. The summed E-state index contributed by atoms with van der Waals surface area (Å²) in [5.74, 6) is 0.162. The van der Waals surface area contributed by atoms with Crippen molar-refractivity contribution >= 4 is 11.5 Å². The van der Waals surface area contributed by atoms with E-state index in [0.717, 1.165) is 30.6 Å². The summed E-state index contributed by atoms with van der Waals surface area (Å²) >= 11 is 0. The molecule has 1 heterocycles. The Hall–Kier alpha value is -1.68. The number of nitrogens with two attached hydrogens (primary N) is 1. The van der Waals surface area contributed by atoms with E-state index in [1.54, 1.807) is 18.2 Å². The van der Waals surface area contributed by atoms with E-state index in [2.05, 4.69) is 0 Å². The van der Waals surface area contributed by atoms with Gasteiger partial charge in [0.25, 0.3) is 0 Å². The molecule has 0 bridgehead atoms. The molecule has 0 radical (unpaired) electrons. The van der Waals surface area contributed by atoms with Crippen LogP contribution in [0.3, 0.4) is 0 Å². The Labute approximate surface area is 112 Å². The number of halogens is 1. The molecule has 2 N–H and O–H groups in total. The summed E-state index contributed by atoms with van der Waals surface area (Å²) in [7, 11) is 0. The minimum absolute atomic E-state index is 0.0118. The monoisotopic (exact) mass is 262 g/mol. The molecule has 0 aliphatic carbocycles. The lowest BCUT2D eigenvalue weighted by Crippen LogP contribution is -2.28. The Bertz CT molecular complexity index is 481. The van der Waals surface area contributed by atoms with Gasteiger partial charge in [0, 0.05) is 19.2 Å². The average molecular weight is 262 g/mol. The van der Waals surface area contributed by atoms with Gasteiger partial charge in [0.15, 0.2) is 0 Å². The minimum Gasteiger partial charge on any atom is -0.339 e. The molecule has 1 aromatic rings. The van der Waals surface area contributed by atoms with Crippen LogP contribution in [0, 0.1) is 11.7 Å². The summed E-state index contributed by atoms with van der Waals surface area (Å²) in [6.45, 7) is 4.00. The van der Waals surface area contributed by atoms with Crippen LogP contribution in [0.25, 0.3) is 5.57 Å². The van der Waals surface area contributed by atoms with Crippen molar-refractivity contribution in [2.45, 2.75) is 13.3 Å². The van der Waals surface area contributed by atoms with Crippen LogP contribution in [0.1, 0.15) is 18.9 Å². The molecule has 19 heavy (non-hydrogen) atoms. The van der Waals surface area contributed by atoms with Crippen molar-refractivity contribution in [3.63, 3.8) is 0 Å². The number of carbonyl (C=O) groups is 1. The molecule has 2 rings (SSSR count). The van der Waals surface area contributed by atoms with E-state index < -0.39 is 0 Å². The minimum atomic E-state index is -0.270. The molecule has 0 saturated carbocycles. The van der Waals surface area contributed by atoms with Gasteiger partial charge in [0.05, 0.1) is 0 Å². The Kier molecular flexibility index (Phi) is 4.32. The van der Waals surface area contributed by atoms with E-state index in [9.17, 15) is 9.18 Å². The average Bonchev–Trinajstić information content (AvgIpc) is 2.88. The zero-order chi connectivity index (χ0) is 13.8. The summed E-state index contributed by atoms with van der Waals surface area (Å²) in [6.07, 6.45) is 2.60. The molecule has 3 nitrogen and oxygen atoms in total. The molecule has 0 spiro atoms. The second-order valence-electron chi connectivity index (χ2n) is 5.01. The van der Waals surface area contributed by atoms with E-state index in [4.69, 9.17) is 5.73 Å². The second-order valence-corrected chi connectivity index (χ2v) is 5.01. The van der Waals surface area contributed by atoms with Gasteiger partial charge in [0.2, 0.25) is 5.91 Å². The van der Waals surface area contributed by atoms with Crippen LogP contribution in [0.5, 0.6) is 0 Å². The third kappa shape index (κ3) is 3.41. The van der Waals surface area contributed by atoms with Gasteiger partial charge in [-0.1, -0.05) is 12.1 Å². The molecule has 1 aliphatic rings. The summed E-state index contributed by atoms with van der Waals surface area (Å²) in [4.78, 5) is 13.9. The molecule has 0 aromatic heterocycles. The normalized spacial score (nSPS) is 19.8. The third-order valence-corrected chi connectivity index (χ3v) is 3.57. The van der Waals surface area contributed by atoms with E-state index >= 15 is 0 Å².